The summed E-state index contributed by atoms with van der Waals surface area (Å²) in [5.74, 6) is 0.350. The van der Waals surface area contributed by atoms with Crippen molar-refractivity contribution < 1.29 is 4.79 Å². The predicted molar refractivity (Wildman–Crippen MR) is 122 cm³/mol. The molecule has 1 heterocycles. The maximum absolute atomic E-state index is 12.1. The lowest BCUT2D eigenvalue weighted by atomic mass is 10.0. The first-order valence-corrected chi connectivity index (χ1v) is 12.1. The molecule has 0 spiro atoms. The molecule has 0 amide bonds. The molecule has 0 aliphatic heterocycles. The molecule has 0 saturated carbocycles. The van der Waals surface area contributed by atoms with E-state index in [1.54, 1.807) is 0 Å². The number of aryl methyl sites for hydroxylation is 1. The van der Waals surface area contributed by atoms with Crippen LogP contribution in [-0.4, -0.2) is 20.8 Å². The number of hydrogen-bond donors (Lipinski definition) is 0. The number of ketones is 1. The molecule has 2 rings (SSSR count). The SMILES string of the molecule is CCCCCCCCCCCCCCCCC(=O)CCn1nnc2ccccc21. The lowest BCUT2D eigenvalue weighted by molar-refractivity contribution is -0.119. The van der Waals surface area contributed by atoms with Crippen molar-refractivity contribution in [2.45, 2.75) is 116 Å². The highest BCUT2D eigenvalue weighted by Crippen LogP contribution is 2.14. The molecular formula is C25H41N3O. The van der Waals surface area contributed by atoms with Gasteiger partial charge in [-0.15, -0.1) is 5.10 Å². The number of benzene rings is 1. The molecule has 0 radical (unpaired) electrons. The maximum Gasteiger partial charge on any atom is 0.134 e. The molecule has 29 heavy (non-hydrogen) atoms. The Hall–Kier alpha value is -1.71. The van der Waals surface area contributed by atoms with E-state index in [0.29, 0.717) is 25.2 Å². The number of hydrogen-bond acceptors (Lipinski definition) is 3. The van der Waals surface area contributed by atoms with Crippen LogP contribution in [0, 0.1) is 0 Å². The first-order chi connectivity index (χ1) is 14.3. The summed E-state index contributed by atoms with van der Waals surface area (Å²) in [6, 6.07) is 7.91. The largest absolute Gasteiger partial charge is 0.300 e. The molecule has 0 bridgehead atoms. The number of Topliss-reactive ketones (excluding diaryl/α,β-unsaturated/α-hetero) is 1. The number of rotatable bonds is 18. The van der Waals surface area contributed by atoms with Crippen LogP contribution in [-0.2, 0) is 11.3 Å². The second kappa shape index (κ2) is 15.2. The van der Waals surface area contributed by atoms with Crippen LogP contribution in [0.25, 0.3) is 11.0 Å². The van der Waals surface area contributed by atoms with Crippen LogP contribution >= 0.6 is 0 Å². The van der Waals surface area contributed by atoms with E-state index in [4.69, 9.17) is 0 Å². The van der Waals surface area contributed by atoms with Crippen LogP contribution < -0.4 is 0 Å². The Morgan fingerprint density at radius 2 is 1.31 bits per heavy atom. The highest BCUT2D eigenvalue weighted by molar-refractivity contribution is 5.78. The molecule has 0 unspecified atom stereocenters. The first-order valence-electron chi connectivity index (χ1n) is 12.1. The number of para-hydroxylation sites is 1. The topological polar surface area (TPSA) is 47.8 Å². The minimum atomic E-state index is 0.350. The van der Waals surface area contributed by atoms with E-state index in [2.05, 4.69) is 17.2 Å². The number of aromatic nitrogens is 3. The van der Waals surface area contributed by atoms with Crippen LogP contribution in [0.5, 0.6) is 0 Å². The second-order valence-corrected chi connectivity index (χ2v) is 8.44. The number of carbonyl (C=O) groups is 1. The lowest BCUT2D eigenvalue weighted by Gasteiger charge is -2.04. The van der Waals surface area contributed by atoms with Crippen molar-refractivity contribution in [1.82, 2.24) is 15.0 Å². The van der Waals surface area contributed by atoms with E-state index < -0.39 is 0 Å². The van der Waals surface area contributed by atoms with E-state index in [1.165, 1.54) is 83.5 Å². The summed E-state index contributed by atoms with van der Waals surface area (Å²) in [6.45, 7) is 2.91. The fourth-order valence-electron chi connectivity index (χ4n) is 3.95. The average Bonchev–Trinajstić information content (AvgIpc) is 3.15. The zero-order valence-corrected chi connectivity index (χ0v) is 18.6. The van der Waals surface area contributed by atoms with Crippen LogP contribution in [0.15, 0.2) is 24.3 Å². The third kappa shape index (κ3) is 10.0. The van der Waals surface area contributed by atoms with Gasteiger partial charge >= 0.3 is 0 Å². The Morgan fingerprint density at radius 3 is 1.93 bits per heavy atom. The summed E-state index contributed by atoms with van der Waals surface area (Å²) < 4.78 is 1.85. The van der Waals surface area contributed by atoms with Gasteiger partial charge in [-0.25, -0.2) is 4.68 Å². The Morgan fingerprint density at radius 1 is 0.759 bits per heavy atom. The van der Waals surface area contributed by atoms with Gasteiger partial charge in [-0.05, 0) is 18.6 Å². The Bertz CT molecular complexity index is 680. The molecule has 0 atom stereocenters. The third-order valence-electron chi connectivity index (χ3n) is 5.83. The molecule has 4 heteroatoms. The fraction of sp³-hybridized carbons (Fsp3) is 0.720. The normalized spacial score (nSPS) is 11.3. The van der Waals surface area contributed by atoms with Crippen LogP contribution in [0.1, 0.15) is 110 Å². The van der Waals surface area contributed by atoms with Crippen LogP contribution in [0.3, 0.4) is 0 Å². The zero-order chi connectivity index (χ0) is 20.6. The van der Waals surface area contributed by atoms with E-state index in [1.807, 2.05) is 28.9 Å². The molecule has 0 saturated heterocycles. The minimum absolute atomic E-state index is 0.350. The lowest BCUT2D eigenvalue weighted by Crippen LogP contribution is -2.07. The summed E-state index contributed by atoms with van der Waals surface area (Å²) in [4.78, 5) is 12.1. The number of carbonyl (C=O) groups excluding carboxylic acids is 1. The summed E-state index contributed by atoms with van der Waals surface area (Å²) in [7, 11) is 0. The monoisotopic (exact) mass is 399 g/mol. The third-order valence-corrected chi connectivity index (χ3v) is 5.83. The molecule has 1 aromatic carbocycles. The van der Waals surface area contributed by atoms with Gasteiger partial charge in [-0.3, -0.25) is 4.79 Å². The Kier molecular flexibility index (Phi) is 12.3. The van der Waals surface area contributed by atoms with Gasteiger partial charge < -0.3 is 0 Å². The molecule has 0 aliphatic carbocycles. The molecule has 0 N–H and O–H groups in total. The van der Waals surface area contributed by atoms with E-state index in [0.717, 1.165) is 17.5 Å². The summed E-state index contributed by atoms with van der Waals surface area (Å²) in [5.41, 5.74) is 1.91. The number of unbranched alkanes of at least 4 members (excludes halogenated alkanes) is 13. The van der Waals surface area contributed by atoms with E-state index >= 15 is 0 Å². The van der Waals surface area contributed by atoms with Gasteiger partial charge in [0.1, 0.15) is 11.3 Å². The van der Waals surface area contributed by atoms with Gasteiger partial charge in [0.25, 0.3) is 0 Å². The van der Waals surface area contributed by atoms with Crippen molar-refractivity contribution in [1.29, 1.82) is 0 Å². The predicted octanol–water partition coefficient (Wildman–Crippen LogP) is 7.26. The number of fused-ring (bicyclic) bond motifs is 1. The van der Waals surface area contributed by atoms with Gasteiger partial charge in [0.05, 0.1) is 12.1 Å². The molecule has 1 aromatic heterocycles. The van der Waals surface area contributed by atoms with Crippen molar-refractivity contribution >= 4 is 16.8 Å². The Balaban J connectivity index is 1.38. The average molecular weight is 400 g/mol. The van der Waals surface area contributed by atoms with Gasteiger partial charge in [0.15, 0.2) is 0 Å². The summed E-state index contributed by atoms with van der Waals surface area (Å²) in [6.07, 6.45) is 20.1. The molecule has 162 valence electrons. The van der Waals surface area contributed by atoms with Crippen molar-refractivity contribution in [2.75, 3.05) is 0 Å². The van der Waals surface area contributed by atoms with E-state index in [-0.39, 0.29) is 0 Å². The maximum atomic E-state index is 12.1. The quantitative estimate of drug-likeness (QED) is 0.248. The van der Waals surface area contributed by atoms with E-state index in [9.17, 15) is 4.79 Å². The first kappa shape index (κ1) is 23.6. The highest BCUT2D eigenvalue weighted by atomic mass is 16.1. The smallest absolute Gasteiger partial charge is 0.134 e. The van der Waals surface area contributed by atoms with Crippen molar-refractivity contribution in [3.05, 3.63) is 24.3 Å². The van der Waals surface area contributed by atoms with Gasteiger partial charge in [-0.1, -0.05) is 108 Å². The van der Waals surface area contributed by atoms with Crippen LogP contribution in [0.4, 0.5) is 0 Å². The molecule has 4 nitrogen and oxygen atoms in total. The second-order valence-electron chi connectivity index (χ2n) is 8.44. The highest BCUT2D eigenvalue weighted by Gasteiger charge is 2.06. The van der Waals surface area contributed by atoms with Gasteiger partial charge in [0, 0.05) is 12.8 Å². The minimum Gasteiger partial charge on any atom is -0.300 e. The van der Waals surface area contributed by atoms with Crippen LogP contribution in [0.2, 0.25) is 0 Å². The van der Waals surface area contributed by atoms with Gasteiger partial charge in [-0.2, -0.15) is 0 Å². The fourth-order valence-corrected chi connectivity index (χ4v) is 3.95. The van der Waals surface area contributed by atoms with Crippen molar-refractivity contribution in [3.8, 4) is 0 Å². The summed E-state index contributed by atoms with van der Waals surface area (Å²) in [5, 5.41) is 8.30. The molecule has 2 aromatic rings. The molecule has 0 aliphatic rings. The molecule has 0 fully saturated rings. The number of nitrogens with zero attached hydrogens (tertiary/aromatic N) is 3. The molecular weight excluding hydrogens is 358 g/mol. The zero-order valence-electron chi connectivity index (χ0n) is 18.6. The Labute approximate surface area is 177 Å². The summed E-state index contributed by atoms with van der Waals surface area (Å²) >= 11 is 0. The standard InChI is InChI=1S/C25H41N3O/c1-2-3-4-5-6-7-8-9-10-11-12-13-14-15-18-23(29)21-22-28-25-20-17-16-19-24(25)26-27-28/h16-17,19-20H,2-15,18,21-22H2,1H3. The van der Waals surface area contributed by atoms with Crippen molar-refractivity contribution in [3.63, 3.8) is 0 Å². The van der Waals surface area contributed by atoms with Gasteiger partial charge in [0.2, 0.25) is 0 Å². The van der Waals surface area contributed by atoms with Crippen molar-refractivity contribution in [2.24, 2.45) is 0 Å².